The molecule has 0 spiro atoms. The zero-order valence-corrected chi connectivity index (χ0v) is 17.4. The molecule has 0 fully saturated rings. The monoisotopic (exact) mass is 439 g/mol. The maximum atomic E-state index is 9.67. The molecule has 136 valence electrons. The number of thiophene rings is 1. The van der Waals surface area contributed by atoms with E-state index in [1.165, 1.54) is 10.4 Å². The normalized spacial score (nSPS) is 11.1. The highest BCUT2D eigenvalue weighted by Crippen LogP contribution is 2.42. The van der Waals surface area contributed by atoms with Gasteiger partial charge in [-0.3, -0.25) is 0 Å². The van der Waals surface area contributed by atoms with E-state index in [0.29, 0.717) is 0 Å². The van der Waals surface area contributed by atoms with Gasteiger partial charge in [-0.15, -0.1) is 11.3 Å². The van der Waals surface area contributed by atoms with E-state index in [4.69, 9.17) is 0 Å². The summed E-state index contributed by atoms with van der Waals surface area (Å²) in [5.74, 6) is 1.04. The molecule has 0 atom stereocenters. The molecule has 2 aromatic carbocycles. The zero-order chi connectivity index (χ0) is 19.0. The molecular weight excluding hydrogens is 422 g/mol. The van der Waals surface area contributed by atoms with Crippen LogP contribution in [0, 0.1) is 6.92 Å². The van der Waals surface area contributed by atoms with E-state index in [2.05, 4.69) is 62.4 Å². The van der Waals surface area contributed by atoms with Gasteiger partial charge in [0.2, 0.25) is 0 Å². The number of phenolic OH excluding ortho intramolecular Hbond substituents is 1. The number of aromatic hydroxyl groups is 1. The lowest BCUT2D eigenvalue weighted by atomic mass is 10.0. The number of hydrogen-bond acceptors (Lipinski definition) is 5. The minimum Gasteiger partial charge on any atom is -0.508 e. The van der Waals surface area contributed by atoms with Crippen molar-refractivity contribution in [2.24, 2.45) is 0 Å². The highest BCUT2D eigenvalue weighted by atomic mass is 79.9. The van der Waals surface area contributed by atoms with Gasteiger partial charge in [-0.25, -0.2) is 9.97 Å². The lowest BCUT2D eigenvalue weighted by Gasteiger charge is -2.12. The number of nitrogens with zero attached hydrogens (tertiary/aromatic N) is 2. The molecule has 0 amide bonds. The van der Waals surface area contributed by atoms with Crippen molar-refractivity contribution in [1.82, 2.24) is 9.97 Å². The smallest absolute Gasteiger partial charge is 0.143 e. The van der Waals surface area contributed by atoms with Crippen LogP contribution in [0.15, 0.2) is 53.3 Å². The van der Waals surface area contributed by atoms with Gasteiger partial charge in [0.05, 0.1) is 5.39 Å². The number of nitrogens with one attached hydrogen (secondary N) is 1. The Hall–Kier alpha value is -2.44. The molecule has 0 saturated heterocycles. The zero-order valence-electron chi connectivity index (χ0n) is 15.0. The first-order valence-electron chi connectivity index (χ1n) is 8.65. The predicted molar refractivity (Wildman–Crippen MR) is 116 cm³/mol. The molecule has 0 unspecified atom stereocenters. The number of fused-ring (bicyclic) bond motifs is 1. The molecule has 27 heavy (non-hydrogen) atoms. The third-order valence-electron chi connectivity index (χ3n) is 4.48. The van der Waals surface area contributed by atoms with Gasteiger partial charge < -0.3 is 10.4 Å². The maximum Gasteiger partial charge on any atom is 0.143 e. The number of aryl methyl sites for hydroxylation is 2. The molecule has 2 N–H and O–H groups in total. The lowest BCUT2D eigenvalue weighted by Crippen LogP contribution is -1.97. The van der Waals surface area contributed by atoms with Crippen LogP contribution in [0.1, 0.15) is 17.4 Å². The van der Waals surface area contributed by atoms with Crippen LogP contribution in [0.25, 0.3) is 21.3 Å². The Labute approximate surface area is 170 Å². The number of phenols is 1. The standard InChI is InChI=1S/C21H18BrN3OS/c1-3-17-18(13-4-6-14(22)7-5-13)19-20(23-11-24-21(19)27-17)25-16-9-8-15(26)10-12(16)2/h4-11,26H,3H2,1-2H3,(H,23,24,25). The SMILES string of the molecule is CCc1sc2ncnc(Nc3ccc(O)cc3C)c2c1-c1ccc(Br)cc1. The van der Waals surface area contributed by atoms with Crippen LogP contribution in [-0.2, 0) is 6.42 Å². The van der Waals surface area contributed by atoms with E-state index in [9.17, 15) is 5.11 Å². The summed E-state index contributed by atoms with van der Waals surface area (Å²) in [7, 11) is 0. The van der Waals surface area contributed by atoms with Crippen LogP contribution >= 0.6 is 27.3 Å². The second-order valence-electron chi connectivity index (χ2n) is 6.29. The molecule has 0 aliphatic rings. The second kappa shape index (κ2) is 7.29. The van der Waals surface area contributed by atoms with Gasteiger partial charge in [0, 0.05) is 20.6 Å². The van der Waals surface area contributed by atoms with E-state index in [1.807, 2.05) is 13.0 Å². The molecule has 0 radical (unpaired) electrons. The molecule has 0 aliphatic heterocycles. The molecular formula is C21H18BrN3OS. The topological polar surface area (TPSA) is 58.0 Å². The van der Waals surface area contributed by atoms with E-state index < -0.39 is 0 Å². The van der Waals surface area contributed by atoms with Gasteiger partial charge in [-0.2, -0.15) is 0 Å². The number of aromatic nitrogens is 2. The molecule has 0 aliphatic carbocycles. The van der Waals surface area contributed by atoms with E-state index in [0.717, 1.165) is 43.7 Å². The Kier molecular flexibility index (Phi) is 4.85. The molecule has 0 bridgehead atoms. The van der Waals surface area contributed by atoms with Gasteiger partial charge in [0.1, 0.15) is 22.7 Å². The largest absolute Gasteiger partial charge is 0.508 e. The third kappa shape index (κ3) is 3.42. The van der Waals surface area contributed by atoms with Crippen molar-refractivity contribution in [1.29, 1.82) is 0 Å². The van der Waals surface area contributed by atoms with Crippen molar-refractivity contribution in [3.8, 4) is 16.9 Å². The second-order valence-corrected chi connectivity index (χ2v) is 8.29. The average molecular weight is 440 g/mol. The summed E-state index contributed by atoms with van der Waals surface area (Å²) in [6.45, 7) is 4.12. The molecule has 4 nitrogen and oxygen atoms in total. The van der Waals surface area contributed by atoms with Crippen molar-refractivity contribution in [2.75, 3.05) is 5.32 Å². The summed E-state index contributed by atoms with van der Waals surface area (Å²) >= 11 is 5.22. The van der Waals surface area contributed by atoms with Crippen molar-refractivity contribution in [3.63, 3.8) is 0 Å². The summed E-state index contributed by atoms with van der Waals surface area (Å²) in [5.41, 5.74) is 4.21. The Bertz CT molecular complexity index is 1120. The van der Waals surface area contributed by atoms with Gasteiger partial charge in [-0.05, 0) is 54.8 Å². The van der Waals surface area contributed by atoms with E-state index >= 15 is 0 Å². The summed E-state index contributed by atoms with van der Waals surface area (Å²) in [5, 5.41) is 14.1. The summed E-state index contributed by atoms with van der Waals surface area (Å²) < 4.78 is 1.05. The minimum absolute atomic E-state index is 0.255. The van der Waals surface area contributed by atoms with E-state index in [-0.39, 0.29) is 5.75 Å². The number of anilines is 2. The van der Waals surface area contributed by atoms with Gasteiger partial charge in [0.15, 0.2) is 0 Å². The Morgan fingerprint density at radius 3 is 2.59 bits per heavy atom. The maximum absolute atomic E-state index is 9.67. The van der Waals surface area contributed by atoms with Crippen molar-refractivity contribution >= 4 is 49.0 Å². The van der Waals surface area contributed by atoms with Gasteiger partial charge >= 0.3 is 0 Å². The molecule has 6 heteroatoms. The number of hydrogen-bond donors (Lipinski definition) is 2. The quantitative estimate of drug-likeness (QED) is 0.359. The Morgan fingerprint density at radius 1 is 1.11 bits per heavy atom. The van der Waals surface area contributed by atoms with Crippen LogP contribution in [0.3, 0.4) is 0 Å². The first kappa shape index (κ1) is 17.9. The van der Waals surface area contributed by atoms with Crippen molar-refractivity contribution in [3.05, 3.63) is 63.7 Å². The van der Waals surface area contributed by atoms with Crippen LogP contribution in [0.4, 0.5) is 11.5 Å². The van der Waals surface area contributed by atoms with Crippen LogP contribution in [-0.4, -0.2) is 15.1 Å². The molecule has 2 aromatic heterocycles. The summed E-state index contributed by atoms with van der Waals surface area (Å²) in [6.07, 6.45) is 2.53. The first-order chi connectivity index (χ1) is 13.1. The Morgan fingerprint density at radius 2 is 1.89 bits per heavy atom. The Balaban J connectivity index is 1.91. The van der Waals surface area contributed by atoms with Crippen LogP contribution < -0.4 is 5.32 Å². The summed E-state index contributed by atoms with van der Waals surface area (Å²) in [4.78, 5) is 11.3. The fourth-order valence-electron chi connectivity index (χ4n) is 3.16. The highest BCUT2D eigenvalue weighted by molar-refractivity contribution is 9.10. The molecule has 4 aromatic rings. The van der Waals surface area contributed by atoms with Crippen LogP contribution in [0.2, 0.25) is 0 Å². The number of benzene rings is 2. The van der Waals surface area contributed by atoms with Crippen molar-refractivity contribution in [2.45, 2.75) is 20.3 Å². The minimum atomic E-state index is 0.255. The van der Waals surface area contributed by atoms with Crippen LogP contribution in [0.5, 0.6) is 5.75 Å². The van der Waals surface area contributed by atoms with Gasteiger partial charge in [0.25, 0.3) is 0 Å². The fraction of sp³-hybridized carbons (Fsp3) is 0.143. The number of rotatable bonds is 4. The third-order valence-corrected chi connectivity index (χ3v) is 6.25. The predicted octanol–water partition coefficient (Wildman–Crippen LogP) is 6.44. The number of halogens is 1. The van der Waals surface area contributed by atoms with Crippen molar-refractivity contribution < 1.29 is 5.11 Å². The fourth-order valence-corrected chi connectivity index (χ4v) is 4.53. The van der Waals surface area contributed by atoms with Gasteiger partial charge in [-0.1, -0.05) is 35.0 Å². The molecule has 4 rings (SSSR count). The average Bonchev–Trinajstić information content (AvgIpc) is 3.04. The lowest BCUT2D eigenvalue weighted by molar-refractivity contribution is 0.475. The van der Waals surface area contributed by atoms with E-state index in [1.54, 1.807) is 29.8 Å². The summed E-state index contributed by atoms with van der Waals surface area (Å²) in [6, 6.07) is 13.6. The molecule has 2 heterocycles. The molecule has 0 saturated carbocycles. The first-order valence-corrected chi connectivity index (χ1v) is 10.3. The highest BCUT2D eigenvalue weighted by Gasteiger charge is 2.18.